The Bertz CT molecular complexity index is 1740. The van der Waals surface area contributed by atoms with Crippen LogP contribution in [-0.4, -0.2) is 75.6 Å². The van der Waals surface area contributed by atoms with Crippen LogP contribution in [0.2, 0.25) is 0 Å². The fourth-order valence-corrected chi connectivity index (χ4v) is 5.89. The Balaban J connectivity index is 1.48. The van der Waals surface area contributed by atoms with E-state index in [0.717, 1.165) is 53.6 Å². The average Bonchev–Trinajstić information content (AvgIpc) is 3.66. The van der Waals surface area contributed by atoms with Crippen molar-refractivity contribution in [1.82, 2.24) is 29.2 Å². The first-order valence-electron chi connectivity index (χ1n) is 13.2. The fraction of sp³-hybridized carbons (Fsp3) is 0.310. The summed E-state index contributed by atoms with van der Waals surface area (Å²) in [5, 5.41) is 6.65. The molecule has 0 saturated carbocycles. The van der Waals surface area contributed by atoms with E-state index in [1.165, 1.54) is 6.33 Å². The summed E-state index contributed by atoms with van der Waals surface area (Å²) in [5.74, 6) is 0.445. The number of primary amides is 1. The summed E-state index contributed by atoms with van der Waals surface area (Å²) in [7, 11) is 5.17. The predicted molar refractivity (Wildman–Crippen MR) is 154 cm³/mol. The maximum absolute atomic E-state index is 12.6. The molecule has 0 spiro atoms. The third kappa shape index (κ3) is 4.14. The number of amides is 1. The number of nitrogen functional groups attached to an aromatic ring is 1. The van der Waals surface area contributed by atoms with E-state index in [4.69, 9.17) is 26.0 Å². The van der Waals surface area contributed by atoms with Crippen LogP contribution in [0, 0.1) is 0 Å². The number of carbonyl (C=O) groups excluding carboxylic acids is 1. The van der Waals surface area contributed by atoms with Gasteiger partial charge in [0.25, 0.3) is 5.91 Å². The van der Waals surface area contributed by atoms with Gasteiger partial charge < -0.3 is 25.5 Å². The average molecular weight is 541 g/mol. The summed E-state index contributed by atoms with van der Waals surface area (Å²) in [5.41, 5.74) is 17.2. The van der Waals surface area contributed by atoms with Gasteiger partial charge in [0.15, 0.2) is 5.65 Å². The summed E-state index contributed by atoms with van der Waals surface area (Å²) >= 11 is 0. The number of nitrogens with two attached hydrogens (primary N) is 2. The standard InChI is InChI=1S/C29H32N8O3/c1-35-21-7-5-4-6-19(21)23(26(35)28(31)38)20-9-8-17(14-22(20)40-3)25-24-27(30)32-16-33-29(24)37(34-25)18-10-11-36(15-18)12-13-39-2/h4-9,14,16,18H,10-13,15H2,1-3H3,(H2,31,38)(H2,30,32,33). The Labute approximate surface area is 231 Å². The van der Waals surface area contributed by atoms with Gasteiger partial charge in [0, 0.05) is 61.4 Å². The van der Waals surface area contributed by atoms with E-state index in [1.54, 1.807) is 14.2 Å². The number of nitrogens with zero attached hydrogens (tertiary/aromatic N) is 6. The lowest BCUT2D eigenvalue weighted by Crippen LogP contribution is -2.25. The van der Waals surface area contributed by atoms with Crippen LogP contribution in [0.15, 0.2) is 48.8 Å². The minimum Gasteiger partial charge on any atom is -0.496 e. The largest absolute Gasteiger partial charge is 0.496 e. The number of aromatic nitrogens is 5. The van der Waals surface area contributed by atoms with Gasteiger partial charge >= 0.3 is 0 Å². The highest BCUT2D eigenvalue weighted by Gasteiger charge is 2.29. The summed E-state index contributed by atoms with van der Waals surface area (Å²) in [6.07, 6.45) is 2.43. The first-order valence-corrected chi connectivity index (χ1v) is 13.2. The van der Waals surface area contributed by atoms with Crippen molar-refractivity contribution in [2.45, 2.75) is 12.5 Å². The molecule has 40 heavy (non-hydrogen) atoms. The minimum atomic E-state index is -0.509. The summed E-state index contributed by atoms with van der Waals surface area (Å²) in [6, 6.07) is 13.8. The molecule has 6 rings (SSSR count). The molecule has 1 fully saturated rings. The first-order chi connectivity index (χ1) is 19.4. The second kappa shape index (κ2) is 10.2. The van der Waals surface area contributed by atoms with Gasteiger partial charge in [-0.05, 0) is 24.6 Å². The Hall–Kier alpha value is -4.48. The number of hydrogen-bond donors (Lipinski definition) is 2. The van der Waals surface area contributed by atoms with E-state index in [9.17, 15) is 4.79 Å². The smallest absolute Gasteiger partial charge is 0.266 e. The summed E-state index contributed by atoms with van der Waals surface area (Å²) < 4.78 is 14.9. The molecule has 2 aromatic carbocycles. The van der Waals surface area contributed by atoms with Crippen LogP contribution in [0.3, 0.4) is 0 Å². The number of carbonyl (C=O) groups is 1. The molecule has 0 aliphatic carbocycles. The molecule has 1 aliphatic rings. The van der Waals surface area contributed by atoms with Gasteiger partial charge in [0.2, 0.25) is 0 Å². The summed E-state index contributed by atoms with van der Waals surface area (Å²) in [4.78, 5) is 23.8. The van der Waals surface area contributed by atoms with Gasteiger partial charge in [-0.25, -0.2) is 14.6 Å². The highest BCUT2D eigenvalue weighted by molar-refractivity contribution is 6.11. The molecule has 1 amide bonds. The molecule has 5 aromatic rings. The third-order valence-electron chi connectivity index (χ3n) is 7.81. The van der Waals surface area contributed by atoms with Crippen molar-refractivity contribution in [3.05, 3.63) is 54.5 Å². The maximum Gasteiger partial charge on any atom is 0.266 e. The third-order valence-corrected chi connectivity index (χ3v) is 7.81. The molecule has 0 bridgehead atoms. The number of fused-ring (bicyclic) bond motifs is 2. The van der Waals surface area contributed by atoms with E-state index in [2.05, 4.69) is 14.9 Å². The topological polar surface area (TPSA) is 139 Å². The van der Waals surface area contributed by atoms with Crippen LogP contribution in [-0.2, 0) is 11.8 Å². The molecular weight excluding hydrogens is 508 g/mol. The lowest BCUT2D eigenvalue weighted by Gasteiger charge is -2.15. The lowest BCUT2D eigenvalue weighted by molar-refractivity contribution is 0.0993. The number of aryl methyl sites for hydroxylation is 1. The molecule has 206 valence electrons. The monoisotopic (exact) mass is 540 g/mol. The van der Waals surface area contributed by atoms with Crippen molar-refractivity contribution >= 4 is 33.7 Å². The van der Waals surface area contributed by atoms with Crippen molar-refractivity contribution in [3.8, 4) is 28.1 Å². The number of hydrogen-bond acceptors (Lipinski definition) is 8. The van der Waals surface area contributed by atoms with Gasteiger partial charge in [0.1, 0.15) is 29.3 Å². The molecule has 1 unspecified atom stereocenters. The minimum absolute atomic E-state index is 0.150. The molecule has 3 aromatic heterocycles. The molecular formula is C29H32N8O3. The highest BCUT2D eigenvalue weighted by atomic mass is 16.5. The molecule has 1 aliphatic heterocycles. The number of methoxy groups -OCH3 is 2. The van der Waals surface area contributed by atoms with Crippen molar-refractivity contribution in [2.75, 3.05) is 46.2 Å². The normalized spacial score (nSPS) is 15.8. The Kier molecular flexibility index (Phi) is 6.60. The highest BCUT2D eigenvalue weighted by Crippen LogP contribution is 2.42. The van der Waals surface area contributed by atoms with Crippen molar-refractivity contribution in [3.63, 3.8) is 0 Å². The molecule has 11 nitrogen and oxygen atoms in total. The van der Waals surface area contributed by atoms with Crippen LogP contribution in [0.4, 0.5) is 5.82 Å². The van der Waals surface area contributed by atoms with Gasteiger partial charge in [0.05, 0.1) is 25.1 Å². The molecule has 0 radical (unpaired) electrons. The van der Waals surface area contributed by atoms with Crippen LogP contribution in [0.1, 0.15) is 23.0 Å². The quantitative estimate of drug-likeness (QED) is 0.306. The van der Waals surface area contributed by atoms with E-state index < -0.39 is 5.91 Å². The number of para-hydroxylation sites is 1. The maximum atomic E-state index is 12.6. The predicted octanol–water partition coefficient (Wildman–Crippen LogP) is 3.23. The van der Waals surface area contributed by atoms with Gasteiger partial charge in [-0.3, -0.25) is 9.69 Å². The number of anilines is 1. The van der Waals surface area contributed by atoms with E-state index in [1.807, 2.05) is 58.8 Å². The second-order valence-electron chi connectivity index (χ2n) is 10.1. The van der Waals surface area contributed by atoms with Crippen LogP contribution in [0.5, 0.6) is 5.75 Å². The molecule has 4 heterocycles. The van der Waals surface area contributed by atoms with Gasteiger partial charge in [-0.2, -0.15) is 5.10 Å². The SMILES string of the molecule is COCCN1CCC(n2nc(-c3ccc(-c4c(C(N)=O)n(C)c5ccccc45)c(OC)c3)c3c(N)ncnc32)C1. The van der Waals surface area contributed by atoms with Crippen molar-refractivity contribution in [1.29, 1.82) is 0 Å². The molecule has 4 N–H and O–H groups in total. The Morgan fingerprint density at radius 2 is 1.98 bits per heavy atom. The Morgan fingerprint density at radius 1 is 1.15 bits per heavy atom. The van der Waals surface area contributed by atoms with Gasteiger partial charge in [-0.1, -0.05) is 24.3 Å². The Morgan fingerprint density at radius 3 is 2.75 bits per heavy atom. The van der Waals surface area contributed by atoms with E-state index >= 15 is 0 Å². The van der Waals surface area contributed by atoms with Crippen LogP contribution in [0.25, 0.3) is 44.3 Å². The molecule has 11 heteroatoms. The van der Waals surface area contributed by atoms with Crippen LogP contribution >= 0.6 is 0 Å². The van der Waals surface area contributed by atoms with E-state index in [0.29, 0.717) is 40.6 Å². The number of benzene rings is 2. The second-order valence-corrected chi connectivity index (χ2v) is 10.1. The van der Waals surface area contributed by atoms with Gasteiger partial charge in [-0.15, -0.1) is 0 Å². The van der Waals surface area contributed by atoms with E-state index in [-0.39, 0.29) is 6.04 Å². The number of likely N-dealkylation sites (tertiary alicyclic amines) is 1. The molecule has 1 atom stereocenters. The number of rotatable bonds is 8. The van der Waals surface area contributed by atoms with Crippen molar-refractivity contribution in [2.24, 2.45) is 12.8 Å². The zero-order chi connectivity index (χ0) is 28.0. The molecule has 1 saturated heterocycles. The first kappa shape index (κ1) is 25.8. The summed E-state index contributed by atoms with van der Waals surface area (Å²) in [6.45, 7) is 3.37. The van der Waals surface area contributed by atoms with Crippen LogP contribution < -0.4 is 16.2 Å². The van der Waals surface area contributed by atoms with Crippen molar-refractivity contribution < 1.29 is 14.3 Å². The number of ether oxygens (including phenoxy) is 2. The lowest BCUT2D eigenvalue weighted by atomic mass is 9.97. The fourth-order valence-electron chi connectivity index (χ4n) is 5.89. The zero-order valence-electron chi connectivity index (χ0n) is 22.8. The zero-order valence-corrected chi connectivity index (χ0v) is 22.8.